The van der Waals surface area contributed by atoms with Gasteiger partial charge in [0.1, 0.15) is 5.75 Å². The molecule has 0 aliphatic rings. The average Bonchev–Trinajstić information content (AvgIpc) is 2.62. The molecule has 1 aromatic heterocycles. The topological polar surface area (TPSA) is 59.2 Å². The first-order chi connectivity index (χ1) is 5.89. The first-order valence-electron chi connectivity index (χ1n) is 3.35. The number of phenolic OH excluding ortho intramolecular Hbond substituents is 1. The highest BCUT2D eigenvalue weighted by atomic mass is 16.6. The minimum Gasteiger partial charge on any atom is -0.508 e. The maximum absolute atomic E-state index is 8.63. The number of phenols is 1. The van der Waals surface area contributed by atoms with E-state index in [1.54, 1.807) is 24.3 Å². The maximum Gasteiger partial charge on any atom is 0.115 e. The van der Waals surface area contributed by atoms with Crippen molar-refractivity contribution in [3.63, 3.8) is 0 Å². The Kier molecular flexibility index (Phi) is 3.37. The highest BCUT2D eigenvalue weighted by Crippen LogP contribution is 2.02. The van der Waals surface area contributed by atoms with Crippen molar-refractivity contribution in [1.82, 2.24) is 10.3 Å². The van der Waals surface area contributed by atoms with Gasteiger partial charge in [-0.05, 0) is 12.1 Å². The summed E-state index contributed by atoms with van der Waals surface area (Å²) in [5.41, 5.74) is 0. The normalized spacial score (nSPS) is 8.33. The molecule has 0 saturated heterocycles. The molecule has 12 heavy (non-hydrogen) atoms. The highest BCUT2D eigenvalue weighted by molar-refractivity contribution is 5.18. The Morgan fingerprint density at radius 3 is 1.83 bits per heavy atom. The van der Waals surface area contributed by atoms with Gasteiger partial charge in [0, 0.05) is 0 Å². The summed E-state index contributed by atoms with van der Waals surface area (Å²) >= 11 is 0. The van der Waals surface area contributed by atoms with E-state index in [1.165, 1.54) is 12.4 Å². The van der Waals surface area contributed by atoms with Crippen molar-refractivity contribution in [2.24, 2.45) is 0 Å². The van der Waals surface area contributed by atoms with E-state index in [2.05, 4.69) is 14.9 Å². The maximum atomic E-state index is 8.63. The van der Waals surface area contributed by atoms with Gasteiger partial charge in [-0.25, -0.2) is 4.63 Å². The van der Waals surface area contributed by atoms with Gasteiger partial charge in [-0.2, -0.15) is 0 Å². The molecule has 4 nitrogen and oxygen atoms in total. The number of aromatic hydroxyl groups is 1. The molecule has 1 aromatic carbocycles. The number of benzene rings is 1. The molecule has 2 rings (SSSR count). The van der Waals surface area contributed by atoms with E-state index in [1.807, 2.05) is 6.07 Å². The molecule has 0 bridgehead atoms. The van der Waals surface area contributed by atoms with Crippen molar-refractivity contribution in [1.29, 1.82) is 0 Å². The largest absolute Gasteiger partial charge is 0.508 e. The van der Waals surface area contributed by atoms with Crippen LogP contribution in [0.2, 0.25) is 0 Å². The van der Waals surface area contributed by atoms with Gasteiger partial charge >= 0.3 is 0 Å². The second-order valence-electron chi connectivity index (χ2n) is 1.93. The Labute approximate surface area is 69.4 Å². The van der Waals surface area contributed by atoms with Crippen molar-refractivity contribution in [3.8, 4) is 5.75 Å². The lowest BCUT2D eigenvalue weighted by molar-refractivity contribution is 0.307. The average molecular weight is 164 g/mol. The van der Waals surface area contributed by atoms with Crippen LogP contribution in [0.25, 0.3) is 0 Å². The second kappa shape index (κ2) is 4.90. The molecule has 0 amide bonds. The Hall–Kier alpha value is -1.84. The molecule has 4 heteroatoms. The van der Waals surface area contributed by atoms with E-state index in [4.69, 9.17) is 5.11 Å². The Morgan fingerprint density at radius 1 is 1.00 bits per heavy atom. The molecule has 0 atom stereocenters. The van der Waals surface area contributed by atoms with Crippen LogP contribution in [0.5, 0.6) is 5.75 Å². The van der Waals surface area contributed by atoms with Crippen LogP contribution >= 0.6 is 0 Å². The van der Waals surface area contributed by atoms with Crippen LogP contribution in [0.15, 0.2) is 47.4 Å². The smallest absolute Gasteiger partial charge is 0.115 e. The van der Waals surface area contributed by atoms with E-state index < -0.39 is 0 Å². The molecule has 0 spiro atoms. The van der Waals surface area contributed by atoms with Crippen LogP contribution in [0.1, 0.15) is 0 Å². The van der Waals surface area contributed by atoms with E-state index in [0.29, 0.717) is 5.75 Å². The minimum atomic E-state index is 0.322. The van der Waals surface area contributed by atoms with Crippen molar-refractivity contribution >= 4 is 0 Å². The van der Waals surface area contributed by atoms with Crippen molar-refractivity contribution in [2.45, 2.75) is 0 Å². The summed E-state index contributed by atoms with van der Waals surface area (Å²) < 4.78 is 4.08. The van der Waals surface area contributed by atoms with Crippen molar-refractivity contribution < 1.29 is 9.74 Å². The van der Waals surface area contributed by atoms with Crippen LogP contribution in [-0.4, -0.2) is 15.4 Å². The number of para-hydroxylation sites is 1. The quantitative estimate of drug-likeness (QED) is 0.640. The summed E-state index contributed by atoms with van der Waals surface area (Å²) in [5, 5.41) is 15.1. The van der Waals surface area contributed by atoms with Gasteiger partial charge in [-0.1, -0.05) is 28.5 Å². The van der Waals surface area contributed by atoms with E-state index in [0.717, 1.165) is 0 Å². The molecule has 2 aromatic rings. The highest BCUT2D eigenvalue weighted by Gasteiger charge is 1.74. The first kappa shape index (κ1) is 8.26. The fourth-order valence-electron chi connectivity index (χ4n) is 0.564. The Morgan fingerprint density at radius 2 is 1.58 bits per heavy atom. The molecule has 1 heterocycles. The van der Waals surface area contributed by atoms with Crippen LogP contribution in [0.4, 0.5) is 0 Å². The number of rotatable bonds is 0. The Balaban J connectivity index is 0.000000127. The predicted molar refractivity (Wildman–Crippen MR) is 42.4 cm³/mol. The number of nitrogens with zero attached hydrogens (tertiary/aromatic N) is 2. The number of aromatic nitrogens is 2. The van der Waals surface area contributed by atoms with E-state index in [9.17, 15) is 0 Å². The molecule has 0 radical (unpaired) electrons. The fourth-order valence-corrected chi connectivity index (χ4v) is 0.564. The lowest BCUT2D eigenvalue weighted by Crippen LogP contribution is -1.56. The van der Waals surface area contributed by atoms with Crippen LogP contribution in [-0.2, 0) is 0 Å². The third-order valence-electron chi connectivity index (χ3n) is 1.04. The monoisotopic (exact) mass is 164 g/mol. The number of hydrogen-bond donors (Lipinski definition) is 1. The molecule has 0 fully saturated rings. The zero-order valence-electron chi connectivity index (χ0n) is 6.29. The second-order valence-corrected chi connectivity index (χ2v) is 1.93. The zero-order chi connectivity index (χ0) is 8.65. The summed E-state index contributed by atoms with van der Waals surface area (Å²) in [6.07, 6.45) is 2.94. The van der Waals surface area contributed by atoms with Gasteiger partial charge in [0.05, 0.1) is 12.4 Å². The van der Waals surface area contributed by atoms with Crippen LogP contribution in [0.3, 0.4) is 0 Å². The molecule has 1 N–H and O–H groups in total. The lowest BCUT2D eigenvalue weighted by atomic mass is 10.3. The third-order valence-corrected chi connectivity index (χ3v) is 1.04. The van der Waals surface area contributed by atoms with Crippen LogP contribution in [0, 0.1) is 0 Å². The summed E-state index contributed by atoms with van der Waals surface area (Å²) in [4.78, 5) is 0. The van der Waals surface area contributed by atoms with Crippen LogP contribution < -0.4 is 0 Å². The molecule has 0 aliphatic heterocycles. The third kappa shape index (κ3) is 3.36. The zero-order valence-corrected chi connectivity index (χ0v) is 6.29. The SMILES string of the molecule is Oc1ccccc1.c1cnon1. The molecule has 0 aliphatic carbocycles. The van der Waals surface area contributed by atoms with E-state index in [-0.39, 0.29) is 0 Å². The first-order valence-corrected chi connectivity index (χ1v) is 3.35. The molecule has 0 unspecified atom stereocenters. The standard InChI is InChI=1S/C6H6O.C2H2N2O/c7-6-4-2-1-3-5-6;1-2-4-5-3-1/h1-5,7H;1-2H. The van der Waals surface area contributed by atoms with Gasteiger partial charge in [-0.3, -0.25) is 0 Å². The Bertz CT molecular complexity index is 264. The van der Waals surface area contributed by atoms with E-state index >= 15 is 0 Å². The van der Waals surface area contributed by atoms with Gasteiger partial charge < -0.3 is 5.11 Å². The van der Waals surface area contributed by atoms with Gasteiger partial charge in [0.15, 0.2) is 0 Å². The van der Waals surface area contributed by atoms with Crippen molar-refractivity contribution in [3.05, 3.63) is 42.7 Å². The fraction of sp³-hybridized carbons (Fsp3) is 0. The summed E-state index contributed by atoms with van der Waals surface area (Å²) in [7, 11) is 0. The molecule has 0 saturated carbocycles. The van der Waals surface area contributed by atoms with Gasteiger partial charge in [0.2, 0.25) is 0 Å². The number of hydrogen-bond acceptors (Lipinski definition) is 4. The predicted octanol–water partition coefficient (Wildman–Crippen LogP) is 1.46. The molecule has 62 valence electrons. The van der Waals surface area contributed by atoms with Gasteiger partial charge in [-0.15, -0.1) is 0 Å². The summed E-state index contributed by atoms with van der Waals surface area (Å²) in [6, 6.07) is 8.71. The summed E-state index contributed by atoms with van der Waals surface area (Å²) in [6.45, 7) is 0. The van der Waals surface area contributed by atoms with Crippen molar-refractivity contribution in [2.75, 3.05) is 0 Å². The minimum absolute atomic E-state index is 0.322. The lowest BCUT2D eigenvalue weighted by Gasteiger charge is -1.82. The summed E-state index contributed by atoms with van der Waals surface area (Å²) in [5.74, 6) is 0.322. The molecular weight excluding hydrogens is 156 g/mol. The van der Waals surface area contributed by atoms with Gasteiger partial charge in [0.25, 0.3) is 0 Å². The molecular formula is C8H8N2O2.